The van der Waals surface area contributed by atoms with Crippen molar-refractivity contribution in [2.45, 2.75) is 18.6 Å². The van der Waals surface area contributed by atoms with Crippen LogP contribution in [0.2, 0.25) is 0 Å². The Morgan fingerprint density at radius 3 is 2.52 bits per heavy atom. The maximum Gasteiger partial charge on any atom is 0.124 e. The Bertz CT molecular complexity index is 900. The van der Waals surface area contributed by atoms with Crippen LogP contribution < -0.4 is 15.6 Å². The third kappa shape index (κ3) is 4.16. The molecule has 2 atom stereocenters. The number of phenolic OH excluding ortho intramolecular Hbond substituents is 1. The van der Waals surface area contributed by atoms with Gasteiger partial charge >= 0.3 is 0 Å². The summed E-state index contributed by atoms with van der Waals surface area (Å²) in [5.74, 6) is 1.13. The number of aromatic hydroxyl groups is 1. The van der Waals surface area contributed by atoms with Gasteiger partial charge in [-0.25, -0.2) is 5.43 Å². The Kier molecular flexibility index (Phi) is 5.43. The van der Waals surface area contributed by atoms with E-state index < -0.39 is 0 Å². The number of hydrazine groups is 1. The second-order valence-corrected chi connectivity index (χ2v) is 7.57. The molecule has 138 valence electrons. The highest BCUT2D eigenvalue weighted by molar-refractivity contribution is 9.10. The standard InChI is InChI=1S/C22H21BrN2O2/c23-17-8-6-16(7-9-17)20-13-24-25-22(20)19-11-10-18(12-21(19)26)27-14-15-4-2-1-3-5-15/h1-12,20,22,24-26H,13-14H2. The van der Waals surface area contributed by atoms with Gasteiger partial charge < -0.3 is 9.84 Å². The van der Waals surface area contributed by atoms with E-state index in [4.69, 9.17) is 4.74 Å². The first-order valence-corrected chi connectivity index (χ1v) is 9.73. The van der Waals surface area contributed by atoms with Crippen LogP contribution in [0.5, 0.6) is 11.5 Å². The van der Waals surface area contributed by atoms with E-state index in [2.05, 4.69) is 38.9 Å². The zero-order valence-corrected chi connectivity index (χ0v) is 16.3. The fraction of sp³-hybridized carbons (Fsp3) is 0.182. The predicted octanol–water partition coefficient (Wildman–Crippen LogP) is 4.67. The van der Waals surface area contributed by atoms with E-state index in [1.807, 2.05) is 54.6 Å². The van der Waals surface area contributed by atoms with E-state index in [0.29, 0.717) is 12.4 Å². The van der Waals surface area contributed by atoms with Crippen molar-refractivity contribution in [1.29, 1.82) is 0 Å². The van der Waals surface area contributed by atoms with Gasteiger partial charge in [0.2, 0.25) is 0 Å². The molecular weight excluding hydrogens is 404 g/mol. The highest BCUT2D eigenvalue weighted by atomic mass is 79.9. The monoisotopic (exact) mass is 424 g/mol. The molecule has 0 aromatic heterocycles. The van der Waals surface area contributed by atoms with E-state index in [0.717, 1.165) is 22.1 Å². The van der Waals surface area contributed by atoms with Crippen LogP contribution in [0.25, 0.3) is 0 Å². The van der Waals surface area contributed by atoms with Gasteiger partial charge in [0.15, 0.2) is 0 Å². The van der Waals surface area contributed by atoms with Crippen molar-refractivity contribution in [3.63, 3.8) is 0 Å². The quantitative estimate of drug-likeness (QED) is 0.557. The SMILES string of the molecule is Oc1cc(OCc2ccccc2)ccc1C1NNCC1c1ccc(Br)cc1. The van der Waals surface area contributed by atoms with E-state index in [1.54, 1.807) is 6.07 Å². The molecule has 1 heterocycles. The minimum atomic E-state index is -0.00523. The van der Waals surface area contributed by atoms with Crippen LogP contribution in [0.15, 0.2) is 77.3 Å². The molecule has 1 fully saturated rings. The molecule has 0 spiro atoms. The minimum Gasteiger partial charge on any atom is -0.507 e. The summed E-state index contributed by atoms with van der Waals surface area (Å²) in [6.07, 6.45) is 0. The van der Waals surface area contributed by atoms with E-state index >= 15 is 0 Å². The van der Waals surface area contributed by atoms with Crippen molar-refractivity contribution in [3.8, 4) is 11.5 Å². The van der Waals surface area contributed by atoms with Crippen LogP contribution >= 0.6 is 15.9 Å². The van der Waals surface area contributed by atoms with Crippen molar-refractivity contribution in [2.24, 2.45) is 0 Å². The first-order valence-electron chi connectivity index (χ1n) is 8.94. The molecule has 3 aromatic rings. The normalized spacial score (nSPS) is 19.1. The van der Waals surface area contributed by atoms with E-state index in [9.17, 15) is 5.11 Å². The summed E-state index contributed by atoms with van der Waals surface area (Å²) in [5.41, 5.74) is 9.69. The third-order valence-corrected chi connectivity index (χ3v) is 5.39. The number of hydrogen-bond acceptors (Lipinski definition) is 4. The van der Waals surface area contributed by atoms with E-state index in [-0.39, 0.29) is 17.7 Å². The van der Waals surface area contributed by atoms with Crippen LogP contribution in [0, 0.1) is 0 Å². The van der Waals surface area contributed by atoms with Crippen molar-refractivity contribution < 1.29 is 9.84 Å². The summed E-state index contributed by atoms with van der Waals surface area (Å²) < 4.78 is 6.87. The molecule has 27 heavy (non-hydrogen) atoms. The highest BCUT2D eigenvalue weighted by Crippen LogP contribution is 2.38. The molecule has 3 N–H and O–H groups in total. The molecule has 0 aliphatic carbocycles. The zero-order chi connectivity index (χ0) is 18.6. The molecular formula is C22H21BrN2O2. The number of phenols is 1. The van der Waals surface area contributed by atoms with Crippen LogP contribution in [0.3, 0.4) is 0 Å². The van der Waals surface area contributed by atoms with Gasteiger partial charge in [-0.05, 0) is 29.3 Å². The molecule has 1 saturated heterocycles. The number of hydrogen-bond donors (Lipinski definition) is 3. The first kappa shape index (κ1) is 18.0. The molecule has 1 aliphatic heterocycles. The van der Waals surface area contributed by atoms with Crippen molar-refractivity contribution >= 4 is 15.9 Å². The van der Waals surface area contributed by atoms with Crippen LogP contribution in [-0.4, -0.2) is 11.7 Å². The van der Waals surface area contributed by atoms with Gasteiger partial charge in [-0.1, -0.05) is 64.5 Å². The van der Waals surface area contributed by atoms with Crippen molar-refractivity contribution in [3.05, 3.63) is 94.0 Å². The lowest BCUT2D eigenvalue weighted by atomic mass is 9.88. The number of nitrogens with one attached hydrogen (secondary N) is 2. The maximum absolute atomic E-state index is 10.6. The lowest BCUT2D eigenvalue weighted by molar-refractivity contribution is 0.304. The Labute approximate surface area is 167 Å². The molecule has 3 aromatic carbocycles. The summed E-state index contributed by atoms with van der Waals surface area (Å²) in [6.45, 7) is 1.28. The molecule has 0 saturated carbocycles. The number of benzene rings is 3. The summed E-state index contributed by atoms with van der Waals surface area (Å²) in [4.78, 5) is 0. The summed E-state index contributed by atoms with van der Waals surface area (Å²) in [7, 11) is 0. The Balaban J connectivity index is 1.50. The highest BCUT2D eigenvalue weighted by Gasteiger charge is 2.31. The predicted molar refractivity (Wildman–Crippen MR) is 110 cm³/mol. The molecule has 0 bridgehead atoms. The van der Waals surface area contributed by atoms with Gasteiger partial charge in [-0.2, -0.15) is 0 Å². The molecule has 5 heteroatoms. The molecule has 1 aliphatic rings. The lowest BCUT2D eigenvalue weighted by Crippen LogP contribution is -2.25. The van der Waals surface area contributed by atoms with Gasteiger partial charge in [0.1, 0.15) is 18.1 Å². The molecule has 4 rings (SSSR count). The van der Waals surface area contributed by atoms with Crippen molar-refractivity contribution in [2.75, 3.05) is 6.54 Å². The van der Waals surface area contributed by atoms with Gasteiger partial charge in [-0.15, -0.1) is 0 Å². The summed E-state index contributed by atoms with van der Waals surface area (Å²) in [6, 6.07) is 23.9. The van der Waals surface area contributed by atoms with Crippen molar-refractivity contribution in [1.82, 2.24) is 10.9 Å². The lowest BCUT2D eigenvalue weighted by Gasteiger charge is -2.21. The summed E-state index contributed by atoms with van der Waals surface area (Å²) >= 11 is 3.48. The average molecular weight is 425 g/mol. The first-order chi connectivity index (χ1) is 13.2. The van der Waals surface area contributed by atoms with Gasteiger partial charge in [-0.3, -0.25) is 5.43 Å². The Hall–Kier alpha value is -2.34. The smallest absolute Gasteiger partial charge is 0.124 e. The largest absolute Gasteiger partial charge is 0.507 e. The molecule has 4 nitrogen and oxygen atoms in total. The average Bonchev–Trinajstić information content (AvgIpc) is 3.17. The van der Waals surface area contributed by atoms with Gasteiger partial charge in [0.05, 0.1) is 6.04 Å². The Morgan fingerprint density at radius 1 is 1.00 bits per heavy atom. The number of halogens is 1. The topological polar surface area (TPSA) is 53.5 Å². The molecule has 0 amide bonds. The fourth-order valence-electron chi connectivity index (χ4n) is 3.43. The summed E-state index contributed by atoms with van der Waals surface area (Å²) in [5, 5.41) is 10.6. The second kappa shape index (κ2) is 8.13. The molecule has 2 unspecified atom stereocenters. The fourth-order valence-corrected chi connectivity index (χ4v) is 3.69. The van der Waals surface area contributed by atoms with Crippen LogP contribution in [0.4, 0.5) is 0 Å². The molecule has 0 radical (unpaired) electrons. The van der Waals surface area contributed by atoms with Gasteiger partial charge in [0.25, 0.3) is 0 Å². The zero-order valence-electron chi connectivity index (χ0n) is 14.7. The minimum absolute atomic E-state index is 0.00523. The number of rotatable bonds is 5. The number of ether oxygens (including phenoxy) is 1. The van der Waals surface area contributed by atoms with Crippen LogP contribution in [-0.2, 0) is 6.61 Å². The second-order valence-electron chi connectivity index (χ2n) is 6.66. The Morgan fingerprint density at radius 2 is 1.78 bits per heavy atom. The van der Waals surface area contributed by atoms with Gasteiger partial charge in [0, 0.05) is 28.6 Å². The third-order valence-electron chi connectivity index (χ3n) is 4.87. The van der Waals surface area contributed by atoms with Crippen LogP contribution in [0.1, 0.15) is 28.7 Å². The van der Waals surface area contributed by atoms with E-state index in [1.165, 1.54) is 5.56 Å². The maximum atomic E-state index is 10.6.